The lowest BCUT2D eigenvalue weighted by molar-refractivity contribution is 0.175. The Labute approximate surface area is 119 Å². The van der Waals surface area contributed by atoms with Crippen LogP contribution in [0.5, 0.6) is 0 Å². The summed E-state index contributed by atoms with van der Waals surface area (Å²) in [6, 6.07) is 10.3. The van der Waals surface area contributed by atoms with Crippen LogP contribution < -0.4 is 0 Å². The summed E-state index contributed by atoms with van der Waals surface area (Å²) < 4.78 is 5.12. The molecular weight excluding hydrogens is 254 g/mol. The first-order valence-corrected chi connectivity index (χ1v) is 6.92. The molecule has 5 nitrogen and oxygen atoms in total. The number of benzene rings is 1. The van der Waals surface area contributed by atoms with Gasteiger partial charge in [-0.1, -0.05) is 42.4 Å². The van der Waals surface area contributed by atoms with Crippen molar-refractivity contribution in [3.05, 3.63) is 47.6 Å². The van der Waals surface area contributed by atoms with Crippen molar-refractivity contribution in [3.63, 3.8) is 0 Å². The van der Waals surface area contributed by atoms with Gasteiger partial charge in [-0.05, 0) is 19.0 Å². The second kappa shape index (κ2) is 7.17. The Morgan fingerprint density at radius 2 is 2.05 bits per heavy atom. The van der Waals surface area contributed by atoms with Crippen molar-refractivity contribution in [2.45, 2.75) is 32.4 Å². The van der Waals surface area contributed by atoms with Crippen molar-refractivity contribution in [2.75, 3.05) is 13.7 Å². The molecule has 5 heteroatoms. The summed E-state index contributed by atoms with van der Waals surface area (Å²) in [5, 5.41) is 13.3. The lowest BCUT2D eigenvalue weighted by Gasteiger charge is -2.26. The third-order valence-electron chi connectivity index (χ3n) is 3.32. The van der Waals surface area contributed by atoms with Crippen LogP contribution in [0.15, 0.2) is 34.9 Å². The van der Waals surface area contributed by atoms with Crippen LogP contribution in [0.4, 0.5) is 0 Å². The maximum atomic E-state index is 9.28. The van der Waals surface area contributed by atoms with E-state index in [4.69, 9.17) is 4.52 Å². The fourth-order valence-corrected chi connectivity index (χ4v) is 2.27. The van der Waals surface area contributed by atoms with Crippen molar-refractivity contribution in [2.24, 2.45) is 0 Å². The monoisotopic (exact) mass is 275 g/mol. The fraction of sp³-hybridized carbons (Fsp3) is 0.467. The van der Waals surface area contributed by atoms with Crippen LogP contribution >= 0.6 is 0 Å². The third kappa shape index (κ3) is 3.65. The Morgan fingerprint density at radius 3 is 2.65 bits per heavy atom. The topological polar surface area (TPSA) is 62.4 Å². The van der Waals surface area contributed by atoms with E-state index in [0.29, 0.717) is 24.7 Å². The first-order chi connectivity index (χ1) is 9.74. The van der Waals surface area contributed by atoms with Gasteiger partial charge in [0.1, 0.15) is 0 Å². The van der Waals surface area contributed by atoms with Crippen LogP contribution in [0, 0.1) is 0 Å². The van der Waals surface area contributed by atoms with Crippen LogP contribution in [-0.2, 0) is 13.0 Å². The summed E-state index contributed by atoms with van der Waals surface area (Å²) in [6.45, 7) is 2.74. The van der Waals surface area contributed by atoms with Crippen LogP contribution in [0.25, 0.3) is 0 Å². The van der Waals surface area contributed by atoms with Crippen LogP contribution in [0.2, 0.25) is 0 Å². The molecular formula is C15H21N3O2. The minimum Gasteiger partial charge on any atom is -0.396 e. The van der Waals surface area contributed by atoms with E-state index >= 15 is 0 Å². The largest absolute Gasteiger partial charge is 0.396 e. The zero-order valence-electron chi connectivity index (χ0n) is 12.0. The number of aromatic nitrogens is 2. The second-order valence-electron chi connectivity index (χ2n) is 4.81. The molecule has 0 spiro atoms. The number of aliphatic hydroxyl groups excluding tert-OH is 1. The summed E-state index contributed by atoms with van der Waals surface area (Å²) in [6.07, 6.45) is 1.43. The second-order valence-corrected chi connectivity index (χ2v) is 4.81. The van der Waals surface area contributed by atoms with Gasteiger partial charge in [0.2, 0.25) is 5.89 Å². The first kappa shape index (κ1) is 14.7. The third-order valence-corrected chi connectivity index (χ3v) is 3.32. The molecule has 108 valence electrons. The van der Waals surface area contributed by atoms with Gasteiger partial charge in [0.15, 0.2) is 5.82 Å². The number of nitrogens with zero attached hydrogens (tertiary/aromatic N) is 3. The highest BCUT2D eigenvalue weighted by atomic mass is 16.5. The molecule has 0 amide bonds. The predicted molar refractivity (Wildman–Crippen MR) is 76.0 cm³/mol. The van der Waals surface area contributed by atoms with Gasteiger partial charge in [-0.25, -0.2) is 0 Å². The standard InChI is InChI=1S/C15H21N3O2/c1-3-15-16-14(17-20-15)11-18(2)13(9-10-19)12-7-5-4-6-8-12/h4-8,13,19H,3,9-11H2,1-2H3/t13-/m1/s1. The van der Waals surface area contributed by atoms with Crippen molar-refractivity contribution in [3.8, 4) is 0 Å². The summed E-state index contributed by atoms with van der Waals surface area (Å²) in [7, 11) is 2.01. The highest BCUT2D eigenvalue weighted by Crippen LogP contribution is 2.23. The highest BCUT2D eigenvalue weighted by molar-refractivity contribution is 5.19. The van der Waals surface area contributed by atoms with Crippen molar-refractivity contribution >= 4 is 0 Å². The minimum absolute atomic E-state index is 0.143. The Bertz CT molecular complexity index is 513. The molecule has 2 rings (SSSR count). The Morgan fingerprint density at radius 1 is 1.30 bits per heavy atom. The molecule has 0 saturated heterocycles. The molecule has 20 heavy (non-hydrogen) atoms. The van der Waals surface area contributed by atoms with Gasteiger partial charge in [-0.3, -0.25) is 4.90 Å². The van der Waals surface area contributed by atoms with E-state index in [0.717, 1.165) is 6.42 Å². The molecule has 2 aromatic rings. The van der Waals surface area contributed by atoms with Gasteiger partial charge in [0.25, 0.3) is 0 Å². The molecule has 0 aliphatic carbocycles. The zero-order valence-corrected chi connectivity index (χ0v) is 12.0. The van der Waals surface area contributed by atoms with Gasteiger partial charge in [0.05, 0.1) is 6.54 Å². The van der Waals surface area contributed by atoms with Crippen LogP contribution in [0.1, 0.15) is 36.7 Å². The molecule has 0 bridgehead atoms. The Kier molecular flexibility index (Phi) is 5.26. The van der Waals surface area contributed by atoms with E-state index in [1.165, 1.54) is 5.56 Å². The number of aryl methyl sites for hydroxylation is 1. The Balaban J connectivity index is 2.08. The number of hydrogen-bond donors (Lipinski definition) is 1. The molecule has 0 unspecified atom stereocenters. The molecule has 0 aliphatic heterocycles. The molecule has 1 aromatic carbocycles. The molecule has 1 heterocycles. The summed E-state index contributed by atoms with van der Waals surface area (Å²) in [5.74, 6) is 1.34. The molecule has 1 aromatic heterocycles. The van der Waals surface area contributed by atoms with E-state index in [1.54, 1.807) is 0 Å². The lowest BCUT2D eigenvalue weighted by atomic mass is 10.0. The normalized spacial score (nSPS) is 12.8. The van der Waals surface area contributed by atoms with Crippen LogP contribution in [0.3, 0.4) is 0 Å². The molecule has 1 atom stereocenters. The maximum absolute atomic E-state index is 9.28. The van der Waals surface area contributed by atoms with Crippen molar-refractivity contribution < 1.29 is 9.63 Å². The Hall–Kier alpha value is -1.72. The maximum Gasteiger partial charge on any atom is 0.226 e. The van der Waals surface area contributed by atoms with Crippen LogP contribution in [-0.4, -0.2) is 33.8 Å². The molecule has 0 fully saturated rings. The van der Waals surface area contributed by atoms with E-state index < -0.39 is 0 Å². The molecule has 0 saturated carbocycles. The fourth-order valence-electron chi connectivity index (χ4n) is 2.27. The van der Waals surface area contributed by atoms with Crippen molar-refractivity contribution in [1.29, 1.82) is 0 Å². The van der Waals surface area contributed by atoms with Gasteiger partial charge in [-0.2, -0.15) is 4.98 Å². The predicted octanol–water partition coefficient (Wildman–Crippen LogP) is 2.19. The average Bonchev–Trinajstić information content (AvgIpc) is 2.93. The SMILES string of the molecule is CCc1nc(CN(C)[C@H](CCO)c2ccccc2)no1. The van der Waals surface area contributed by atoms with E-state index in [1.807, 2.05) is 32.2 Å². The highest BCUT2D eigenvalue weighted by Gasteiger charge is 2.18. The number of aliphatic hydroxyl groups is 1. The zero-order chi connectivity index (χ0) is 14.4. The molecule has 0 aliphatic rings. The minimum atomic E-state index is 0.143. The molecule has 1 N–H and O–H groups in total. The van der Waals surface area contributed by atoms with Gasteiger partial charge in [0, 0.05) is 19.1 Å². The van der Waals surface area contributed by atoms with Gasteiger partial charge in [-0.15, -0.1) is 0 Å². The average molecular weight is 275 g/mol. The summed E-state index contributed by atoms with van der Waals surface area (Å²) >= 11 is 0. The van der Waals surface area contributed by atoms with Gasteiger partial charge < -0.3 is 9.63 Å². The lowest BCUT2D eigenvalue weighted by Crippen LogP contribution is -2.25. The first-order valence-electron chi connectivity index (χ1n) is 6.92. The summed E-state index contributed by atoms with van der Waals surface area (Å²) in [4.78, 5) is 6.46. The summed E-state index contributed by atoms with van der Waals surface area (Å²) in [5.41, 5.74) is 1.18. The van der Waals surface area contributed by atoms with E-state index in [9.17, 15) is 5.11 Å². The number of hydrogen-bond acceptors (Lipinski definition) is 5. The van der Waals surface area contributed by atoms with E-state index in [2.05, 4.69) is 27.2 Å². The van der Waals surface area contributed by atoms with Crippen molar-refractivity contribution in [1.82, 2.24) is 15.0 Å². The number of rotatable bonds is 7. The molecule has 0 radical (unpaired) electrons. The quantitative estimate of drug-likeness (QED) is 0.839. The van der Waals surface area contributed by atoms with E-state index in [-0.39, 0.29) is 12.6 Å². The smallest absolute Gasteiger partial charge is 0.226 e. The van der Waals surface area contributed by atoms with Gasteiger partial charge >= 0.3 is 0 Å².